The molecule has 1 amide bonds. The molecule has 0 radical (unpaired) electrons. The first-order valence-electron chi connectivity index (χ1n) is 7.57. The molecule has 1 atom stereocenters. The first-order chi connectivity index (χ1) is 11.1. The molecule has 2 aliphatic rings. The highest BCUT2D eigenvalue weighted by molar-refractivity contribution is 6.30. The fourth-order valence-corrected chi connectivity index (χ4v) is 3.40. The highest BCUT2D eigenvalue weighted by atomic mass is 35.5. The van der Waals surface area contributed by atoms with E-state index in [1.54, 1.807) is 24.3 Å². The minimum Gasteiger partial charge on any atom is -0.273 e. The minimum absolute atomic E-state index is 0.0408. The summed E-state index contributed by atoms with van der Waals surface area (Å²) in [5.41, 5.74) is 3.40. The summed E-state index contributed by atoms with van der Waals surface area (Å²) >= 11 is 5.90. The van der Waals surface area contributed by atoms with E-state index in [1.165, 1.54) is 17.1 Å². The van der Waals surface area contributed by atoms with Gasteiger partial charge in [-0.25, -0.2) is 9.40 Å². The molecule has 0 spiro atoms. The Morgan fingerprint density at radius 3 is 2.74 bits per heavy atom. The summed E-state index contributed by atoms with van der Waals surface area (Å²) in [7, 11) is 0. The average Bonchev–Trinajstić information content (AvgIpc) is 2.55. The van der Waals surface area contributed by atoms with Crippen molar-refractivity contribution in [2.24, 2.45) is 11.0 Å². The van der Waals surface area contributed by atoms with Crippen LogP contribution in [-0.2, 0) is 11.2 Å². The number of amides is 1. The van der Waals surface area contributed by atoms with Gasteiger partial charge in [-0.05, 0) is 54.8 Å². The fraction of sp³-hybridized carbons (Fsp3) is 0.222. The lowest BCUT2D eigenvalue weighted by molar-refractivity contribution is -0.119. The van der Waals surface area contributed by atoms with Crippen LogP contribution in [0.1, 0.15) is 24.0 Å². The first kappa shape index (κ1) is 14.4. The average molecular weight is 329 g/mol. The Labute approximate surface area is 138 Å². The number of benzene rings is 2. The van der Waals surface area contributed by atoms with E-state index in [9.17, 15) is 9.18 Å². The molecule has 1 heterocycles. The van der Waals surface area contributed by atoms with Crippen molar-refractivity contribution in [1.82, 2.24) is 0 Å². The highest BCUT2D eigenvalue weighted by Crippen LogP contribution is 2.34. The molecule has 1 aliphatic heterocycles. The van der Waals surface area contributed by atoms with Gasteiger partial charge in [-0.2, -0.15) is 5.10 Å². The Balaban J connectivity index is 1.81. The number of carbonyl (C=O) groups is 1. The smallest absolute Gasteiger partial charge is 0.248 e. The van der Waals surface area contributed by atoms with Crippen molar-refractivity contribution < 1.29 is 9.18 Å². The standard InChI is InChI=1S/C18H14ClFN2O/c19-13-4-7-15(8-5-13)22-17(23)9-12-2-1-11-3-6-14(20)10-16(11)18(12)21-22/h3-8,10,12H,1-2,9H2. The van der Waals surface area contributed by atoms with Gasteiger partial charge in [-0.1, -0.05) is 17.7 Å². The van der Waals surface area contributed by atoms with Crippen LogP contribution < -0.4 is 5.01 Å². The molecule has 0 fully saturated rings. The van der Waals surface area contributed by atoms with E-state index < -0.39 is 0 Å². The fourth-order valence-electron chi connectivity index (χ4n) is 3.27. The van der Waals surface area contributed by atoms with E-state index in [0.29, 0.717) is 17.1 Å². The number of hydrogen-bond donors (Lipinski definition) is 0. The van der Waals surface area contributed by atoms with Crippen LogP contribution in [0, 0.1) is 11.7 Å². The Hall–Kier alpha value is -2.20. The maximum absolute atomic E-state index is 13.6. The number of aryl methyl sites for hydroxylation is 1. The normalized spacial score (nSPS) is 19.9. The summed E-state index contributed by atoms with van der Waals surface area (Å²) in [6, 6.07) is 11.8. The molecule has 0 saturated carbocycles. The molecular weight excluding hydrogens is 315 g/mol. The van der Waals surface area contributed by atoms with Gasteiger partial charge in [-0.15, -0.1) is 0 Å². The quantitative estimate of drug-likeness (QED) is 0.773. The minimum atomic E-state index is -0.276. The summed E-state index contributed by atoms with van der Waals surface area (Å²) in [6.07, 6.45) is 2.13. The summed E-state index contributed by atoms with van der Waals surface area (Å²) in [4.78, 5) is 12.4. The molecule has 1 aliphatic carbocycles. The Kier molecular flexibility index (Phi) is 3.42. The van der Waals surface area contributed by atoms with E-state index in [2.05, 4.69) is 5.10 Å². The van der Waals surface area contributed by atoms with Gasteiger partial charge in [0.2, 0.25) is 5.91 Å². The van der Waals surface area contributed by atoms with Crippen molar-refractivity contribution in [3.8, 4) is 0 Å². The molecular formula is C18H14ClFN2O. The van der Waals surface area contributed by atoms with Crippen molar-refractivity contribution in [3.63, 3.8) is 0 Å². The van der Waals surface area contributed by atoms with Crippen molar-refractivity contribution >= 4 is 28.9 Å². The van der Waals surface area contributed by atoms with Crippen LogP contribution in [0.2, 0.25) is 5.02 Å². The summed E-state index contributed by atoms with van der Waals surface area (Å²) in [6.45, 7) is 0. The van der Waals surface area contributed by atoms with Crippen LogP contribution in [0.3, 0.4) is 0 Å². The van der Waals surface area contributed by atoms with Crippen molar-refractivity contribution in [3.05, 3.63) is 64.4 Å². The summed E-state index contributed by atoms with van der Waals surface area (Å²) < 4.78 is 13.6. The maximum Gasteiger partial charge on any atom is 0.248 e. The number of anilines is 1. The highest BCUT2D eigenvalue weighted by Gasteiger charge is 2.34. The lowest BCUT2D eigenvalue weighted by atomic mass is 9.79. The molecule has 3 nitrogen and oxygen atoms in total. The van der Waals surface area contributed by atoms with E-state index in [-0.39, 0.29) is 17.6 Å². The molecule has 5 heteroatoms. The zero-order valence-electron chi connectivity index (χ0n) is 12.3. The molecule has 0 saturated heterocycles. The second kappa shape index (κ2) is 5.46. The zero-order valence-corrected chi connectivity index (χ0v) is 13.1. The molecule has 23 heavy (non-hydrogen) atoms. The van der Waals surface area contributed by atoms with Crippen molar-refractivity contribution in [2.45, 2.75) is 19.3 Å². The predicted octanol–water partition coefficient (Wildman–Crippen LogP) is 4.18. The molecule has 2 aromatic rings. The van der Waals surface area contributed by atoms with Crippen LogP contribution in [0.4, 0.5) is 10.1 Å². The lowest BCUT2D eigenvalue weighted by Crippen LogP contribution is -2.39. The van der Waals surface area contributed by atoms with Crippen LogP contribution in [-0.4, -0.2) is 11.6 Å². The van der Waals surface area contributed by atoms with E-state index in [4.69, 9.17) is 11.6 Å². The zero-order chi connectivity index (χ0) is 16.0. The van der Waals surface area contributed by atoms with Crippen LogP contribution in [0.15, 0.2) is 47.6 Å². The van der Waals surface area contributed by atoms with E-state index >= 15 is 0 Å². The van der Waals surface area contributed by atoms with Crippen molar-refractivity contribution in [2.75, 3.05) is 5.01 Å². The van der Waals surface area contributed by atoms with E-state index in [0.717, 1.165) is 29.7 Å². The van der Waals surface area contributed by atoms with Crippen molar-refractivity contribution in [1.29, 1.82) is 0 Å². The van der Waals surface area contributed by atoms with Gasteiger partial charge >= 0.3 is 0 Å². The first-order valence-corrected chi connectivity index (χ1v) is 7.95. The predicted molar refractivity (Wildman–Crippen MR) is 88.3 cm³/mol. The number of fused-ring (bicyclic) bond motifs is 3. The van der Waals surface area contributed by atoms with Gasteiger partial charge in [-0.3, -0.25) is 4.79 Å². The van der Waals surface area contributed by atoms with Crippen LogP contribution >= 0.6 is 11.6 Å². The third-order valence-electron chi connectivity index (χ3n) is 4.43. The second-order valence-corrected chi connectivity index (χ2v) is 6.34. The van der Waals surface area contributed by atoms with Crippen LogP contribution in [0.5, 0.6) is 0 Å². The molecule has 0 aromatic heterocycles. The van der Waals surface area contributed by atoms with Gasteiger partial charge < -0.3 is 0 Å². The maximum atomic E-state index is 13.6. The summed E-state index contributed by atoms with van der Waals surface area (Å²) in [5, 5.41) is 6.57. The van der Waals surface area contributed by atoms with Gasteiger partial charge in [0.15, 0.2) is 0 Å². The number of carbonyl (C=O) groups excluding carboxylic acids is 1. The molecule has 0 N–H and O–H groups in total. The number of hydrazone groups is 1. The largest absolute Gasteiger partial charge is 0.273 e. The third-order valence-corrected chi connectivity index (χ3v) is 4.68. The Morgan fingerprint density at radius 2 is 1.96 bits per heavy atom. The Morgan fingerprint density at radius 1 is 1.17 bits per heavy atom. The van der Waals surface area contributed by atoms with Gasteiger partial charge in [0.1, 0.15) is 5.82 Å². The number of halogens is 2. The molecule has 2 aromatic carbocycles. The molecule has 4 rings (SSSR count). The third kappa shape index (κ3) is 2.53. The SMILES string of the molecule is O=C1CC2CCc3ccc(F)cc3C2=NN1c1ccc(Cl)cc1. The van der Waals surface area contributed by atoms with Gasteiger partial charge in [0, 0.05) is 22.9 Å². The topological polar surface area (TPSA) is 32.7 Å². The second-order valence-electron chi connectivity index (χ2n) is 5.91. The molecule has 0 bridgehead atoms. The monoisotopic (exact) mass is 328 g/mol. The van der Waals surface area contributed by atoms with Crippen LogP contribution in [0.25, 0.3) is 0 Å². The van der Waals surface area contributed by atoms with E-state index in [1.807, 2.05) is 6.07 Å². The van der Waals surface area contributed by atoms with Gasteiger partial charge in [0.05, 0.1) is 11.4 Å². The number of rotatable bonds is 1. The molecule has 116 valence electrons. The number of nitrogens with zero attached hydrogens (tertiary/aromatic N) is 2. The lowest BCUT2D eigenvalue weighted by Gasteiger charge is -2.33. The Bertz CT molecular complexity index is 816. The molecule has 1 unspecified atom stereocenters. The number of hydrogen-bond acceptors (Lipinski definition) is 2. The summed E-state index contributed by atoms with van der Waals surface area (Å²) in [5.74, 6) is -0.247. The van der Waals surface area contributed by atoms with Gasteiger partial charge in [0.25, 0.3) is 0 Å².